The first-order valence-corrected chi connectivity index (χ1v) is 9.28. The van der Waals surface area contributed by atoms with E-state index in [1.807, 2.05) is 32.0 Å². The quantitative estimate of drug-likeness (QED) is 0.502. The maximum absolute atomic E-state index is 12.0. The zero-order chi connectivity index (χ0) is 19.1. The molecule has 2 aromatic carbocycles. The van der Waals surface area contributed by atoms with Gasteiger partial charge >= 0.3 is 0 Å². The number of anilines is 1. The van der Waals surface area contributed by atoms with E-state index in [0.717, 1.165) is 16.8 Å². The van der Waals surface area contributed by atoms with Crippen LogP contribution >= 0.6 is 35.4 Å². The Morgan fingerprint density at radius 1 is 1.15 bits per heavy atom. The number of hydrogen-bond donors (Lipinski definition) is 2. The van der Waals surface area contributed by atoms with Crippen molar-refractivity contribution >= 4 is 52.1 Å². The number of para-hydroxylation sites is 1. The number of aryl methyl sites for hydroxylation is 2. The topological polar surface area (TPSA) is 50.4 Å². The highest BCUT2D eigenvalue weighted by molar-refractivity contribution is 7.80. The van der Waals surface area contributed by atoms with Gasteiger partial charge in [-0.1, -0.05) is 41.4 Å². The minimum absolute atomic E-state index is 0.167. The maximum atomic E-state index is 12.0. The van der Waals surface area contributed by atoms with Crippen molar-refractivity contribution in [1.29, 1.82) is 0 Å². The number of benzene rings is 2. The number of ether oxygens (including phenoxy) is 1. The van der Waals surface area contributed by atoms with Crippen molar-refractivity contribution < 1.29 is 9.53 Å². The van der Waals surface area contributed by atoms with E-state index in [1.165, 1.54) is 0 Å². The number of carbonyl (C=O) groups is 1. The summed E-state index contributed by atoms with van der Waals surface area (Å²) < 4.78 is 5.56. The molecule has 0 unspecified atom stereocenters. The van der Waals surface area contributed by atoms with Gasteiger partial charge in [0.2, 0.25) is 5.91 Å². The Balaban J connectivity index is 1.74. The zero-order valence-electron chi connectivity index (χ0n) is 14.6. The molecule has 0 aliphatic heterocycles. The van der Waals surface area contributed by atoms with Crippen LogP contribution in [0.15, 0.2) is 36.4 Å². The Labute approximate surface area is 168 Å². The van der Waals surface area contributed by atoms with Gasteiger partial charge in [-0.15, -0.1) is 0 Å². The van der Waals surface area contributed by atoms with Crippen molar-refractivity contribution in [2.24, 2.45) is 0 Å². The minimum Gasteiger partial charge on any atom is -0.492 e. The number of carbonyl (C=O) groups excluding carboxylic acids is 1. The third kappa shape index (κ3) is 6.16. The third-order valence-electron chi connectivity index (χ3n) is 3.67. The van der Waals surface area contributed by atoms with Crippen LogP contribution < -0.4 is 15.4 Å². The van der Waals surface area contributed by atoms with E-state index in [2.05, 4.69) is 10.6 Å². The van der Waals surface area contributed by atoms with Crippen LogP contribution in [-0.2, 0) is 4.79 Å². The van der Waals surface area contributed by atoms with E-state index in [0.29, 0.717) is 35.2 Å². The summed E-state index contributed by atoms with van der Waals surface area (Å²) in [6, 6.07) is 11.0. The lowest BCUT2D eigenvalue weighted by Crippen LogP contribution is -2.34. The highest BCUT2D eigenvalue weighted by Gasteiger charge is 2.08. The molecular formula is C19H20Cl2N2O2S. The molecule has 0 atom stereocenters. The van der Waals surface area contributed by atoms with Crippen LogP contribution in [0.1, 0.15) is 24.0 Å². The second-order valence-corrected chi connectivity index (χ2v) is 7.05. The fourth-order valence-electron chi connectivity index (χ4n) is 2.35. The molecule has 26 heavy (non-hydrogen) atoms. The number of amides is 1. The maximum Gasteiger partial charge on any atom is 0.226 e. The van der Waals surface area contributed by atoms with E-state index in [4.69, 9.17) is 40.2 Å². The normalized spacial score (nSPS) is 10.3. The second kappa shape index (κ2) is 9.76. The molecule has 0 saturated heterocycles. The van der Waals surface area contributed by atoms with Gasteiger partial charge in [0, 0.05) is 17.1 Å². The first kappa shape index (κ1) is 20.5. The van der Waals surface area contributed by atoms with Crippen molar-refractivity contribution in [2.75, 3.05) is 11.9 Å². The molecule has 0 fully saturated rings. The molecule has 2 aromatic rings. The van der Waals surface area contributed by atoms with Gasteiger partial charge in [-0.25, -0.2) is 0 Å². The summed E-state index contributed by atoms with van der Waals surface area (Å²) >= 11 is 17.1. The summed E-state index contributed by atoms with van der Waals surface area (Å²) in [6.45, 7) is 4.34. The monoisotopic (exact) mass is 410 g/mol. The summed E-state index contributed by atoms with van der Waals surface area (Å²) in [6.07, 6.45) is 0.830. The number of nitrogens with one attached hydrogen (secondary N) is 2. The van der Waals surface area contributed by atoms with Crippen LogP contribution in [-0.4, -0.2) is 17.6 Å². The molecule has 0 spiro atoms. The fourth-order valence-corrected chi connectivity index (χ4v) is 3.03. The molecule has 2 rings (SSSR count). The summed E-state index contributed by atoms with van der Waals surface area (Å²) in [5.41, 5.74) is 3.04. The zero-order valence-corrected chi connectivity index (χ0v) is 16.9. The largest absolute Gasteiger partial charge is 0.492 e. The van der Waals surface area contributed by atoms with Crippen LogP contribution in [0.5, 0.6) is 5.75 Å². The Bertz CT molecular complexity index is 792. The standard InChI is InChI=1S/C19H20Cl2N2O2S/c1-12-5-3-6-13(2)18(12)23-19(26)22-17(24)7-4-10-25-16-9-8-14(20)11-15(16)21/h3,5-6,8-9,11H,4,7,10H2,1-2H3,(H2,22,23,24,26). The van der Waals surface area contributed by atoms with Crippen LogP contribution in [0.25, 0.3) is 0 Å². The van der Waals surface area contributed by atoms with Crippen molar-refractivity contribution in [3.8, 4) is 5.75 Å². The third-order valence-corrected chi connectivity index (χ3v) is 4.41. The van der Waals surface area contributed by atoms with E-state index >= 15 is 0 Å². The number of halogens is 2. The average Bonchev–Trinajstić information content (AvgIpc) is 2.56. The number of rotatable bonds is 6. The van der Waals surface area contributed by atoms with Crippen molar-refractivity contribution in [2.45, 2.75) is 26.7 Å². The van der Waals surface area contributed by atoms with E-state index < -0.39 is 0 Å². The van der Waals surface area contributed by atoms with Crippen LogP contribution in [0.3, 0.4) is 0 Å². The van der Waals surface area contributed by atoms with E-state index in [-0.39, 0.29) is 11.0 Å². The van der Waals surface area contributed by atoms with E-state index in [1.54, 1.807) is 18.2 Å². The van der Waals surface area contributed by atoms with Crippen molar-refractivity contribution in [1.82, 2.24) is 5.32 Å². The first-order chi connectivity index (χ1) is 12.4. The van der Waals surface area contributed by atoms with Gasteiger partial charge in [0.05, 0.1) is 11.6 Å². The molecule has 2 N–H and O–H groups in total. The lowest BCUT2D eigenvalue weighted by molar-refractivity contribution is -0.119. The molecular weight excluding hydrogens is 391 g/mol. The van der Waals surface area contributed by atoms with Gasteiger partial charge in [-0.05, 0) is 61.8 Å². The molecule has 0 radical (unpaired) electrons. The highest BCUT2D eigenvalue weighted by atomic mass is 35.5. The fraction of sp³-hybridized carbons (Fsp3) is 0.263. The van der Waals surface area contributed by atoms with Crippen LogP contribution in [0.4, 0.5) is 5.69 Å². The summed E-state index contributed by atoms with van der Waals surface area (Å²) in [5.74, 6) is 0.378. The summed E-state index contributed by atoms with van der Waals surface area (Å²) in [4.78, 5) is 12.0. The van der Waals surface area contributed by atoms with Gasteiger partial charge < -0.3 is 15.4 Å². The van der Waals surface area contributed by atoms with Gasteiger partial charge in [0.15, 0.2) is 5.11 Å². The second-order valence-electron chi connectivity index (χ2n) is 5.80. The molecule has 0 heterocycles. The highest BCUT2D eigenvalue weighted by Crippen LogP contribution is 2.27. The van der Waals surface area contributed by atoms with Gasteiger partial charge in [0.25, 0.3) is 0 Å². The lowest BCUT2D eigenvalue weighted by atomic mass is 10.1. The molecule has 0 bridgehead atoms. The van der Waals surface area contributed by atoms with Gasteiger partial charge in [0.1, 0.15) is 5.75 Å². The van der Waals surface area contributed by atoms with Crippen LogP contribution in [0.2, 0.25) is 10.0 Å². The van der Waals surface area contributed by atoms with Crippen molar-refractivity contribution in [3.05, 3.63) is 57.6 Å². The predicted molar refractivity (Wildman–Crippen MR) is 111 cm³/mol. The van der Waals surface area contributed by atoms with E-state index in [9.17, 15) is 4.79 Å². The molecule has 7 heteroatoms. The predicted octanol–water partition coefficient (Wildman–Crippen LogP) is 5.28. The van der Waals surface area contributed by atoms with Gasteiger partial charge in [-0.3, -0.25) is 4.79 Å². The Morgan fingerprint density at radius 2 is 1.85 bits per heavy atom. The molecule has 4 nitrogen and oxygen atoms in total. The molecule has 0 saturated carbocycles. The summed E-state index contributed by atoms with van der Waals surface area (Å²) in [5, 5.41) is 7.04. The minimum atomic E-state index is -0.167. The molecule has 138 valence electrons. The van der Waals surface area contributed by atoms with Crippen LogP contribution in [0, 0.1) is 13.8 Å². The molecule has 0 aliphatic rings. The Hall–Kier alpha value is -1.82. The summed E-state index contributed by atoms with van der Waals surface area (Å²) in [7, 11) is 0. The molecule has 0 aliphatic carbocycles. The number of hydrogen-bond acceptors (Lipinski definition) is 3. The lowest BCUT2D eigenvalue weighted by Gasteiger charge is -2.14. The average molecular weight is 411 g/mol. The number of thiocarbonyl (C=S) groups is 1. The SMILES string of the molecule is Cc1cccc(C)c1NC(=S)NC(=O)CCCOc1ccc(Cl)cc1Cl. The molecule has 0 aromatic heterocycles. The van der Waals surface area contributed by atoms with Crippen molar-refractivity contribution in [3.63, 3.8) is 0 Å². The Morgan fingerprint density at radius 3 is 2.50 bits per heavy atom. The molecule has 1 amide bonds. The Kier molecular flexibility index (Phi) is 7.69. The first-order valence-electron chi connectivity index (χ1n) is 8.11. The smallest absolute Gasteiger partial charge is 0.226 e. The van der Waals surface area contributed by atoms with Gasteiger partial charge in [-0.2, -0.15) is 0 Å².